The molecule has 180 valence electrons. The number of fused-ring (bicyclic) bond motifs is 2. The van der Waals surface area contributed by atoms with Crippen LogP contribution in [-0.4, -0.2) is 62.0 Å². The van der Waals surface area contributed by atoms with Gasteiger partial charge < -0.3 is 23.9 Å². The molecule has 0 aliphatic carbocycles. The lowest BCUT2D eigenvalue weighted by atomic mass is 10.1. The Morgan fingerprint density at radius 3 is 2.68 bits per heavy atom. The van der Waals surface area contributed by atoms with Crippen molar-refractivity contribution in [3.8, 4) is 0 Å². The Bertz CT molecular complexity index is 1240. The molecule has 4 atom stereocenters. The number of imidazole rings is 1. The summed E-state index contributed by atoms with van der Waals surface area (Å²) in [5.41, 5.74) is 6.10. The number of nitrogens with one attached hydrogen (secondary N) is 3. The van der Waals surface area contributed by atoms with Crippen LogP contribution < -0.4 is 16.2 Å². The van der Waals surface area contributed by atoms with E-state index in [1.54, 1.807) is 37.5 Å². The number of carbonyl (C=O) groups is 2. The first-order valence-corrected chi connectivity index (χ1v) is 10.9. The minimum atomic E-state index is -0.880. The Hall–Kier alpha value is -3.55. The van der Waals surface area contributed by atoms with Crippen LogP contribution in [0.1, 0.15) is 43.3 Å². The second-order valence-electron chi connectivity index (χ2n) is 8.44. The first-order chi connectivity index (χ1) is 16.3. The average Bonchev–Trinajstić information content (AvgIpc) is 3.54. The maximum atomic E-state index is 12.6. The summed E-state index contributed by atoms with van der Waals surface area (Å²) < 4.78 is 25.1. The van der Waals surface area contributed by atoms with Crippen LogP contribution >= 0.6 is 0 Å². The van der Waals surface area contributed by atoms with Crippen molar-refractivity contribution in [3.05, 3.63) is 36.3 Å². The van der Waals surface area contributed by atoms with Gasteiger partial charge in [0.15, 0.2) is 40.9 Å². The number of rotatable bonds is 6. The summed E-state index contributed by atoms with van der Waals surface area (Å²) in [6.07, 6.45) is 0.124. The van der Waals surface area contributed by atoms with E-state index in [0.717, 1.165) is 0 Å². The van der Waals surface area contributed by atoms with Crippen LogP contribution in [0.2, 0.25) is 0 Å². The minimum Gasteiger partial charge on any atom is -0.456 e. The van der Waals surface area contributed by atoms with Crippen LogP contribution in [0.15, 0.2) is 29.2 Å². The number of carbonyl (C=O) groups excluding carboxylic acids is 2. The fourth-order valence-corrected chi connectivity index (χ4v) is 4.15. The number of hydrogen-bond donors (Lipinski definition) is 3. The van der Waals surface area contributed by atoms with Gasteiger partial charge in [-0.1, -0.05) is 0 Å². The van der Waals surface area contributed by atoms with E-state index in [4.69, 9.17) is 18.6 Å². The molecule has 34 heavy (non-hydrogen) atoms. The standard InChI is InChI=1S/C21H25N7O6/c1-5-22-19(30)14-13-15(34-21(3,4)33-13)20(32-14)28-9-25-12-16(23-8-24-17(12)28)26-27-18(29)11-7-6-10(2)31-11/h6-9,13-15,20H,5H2,1-4H3,(H,22,30)(H,27,29)(H,23,24,26)/t13?,14?,15-,20?/m1/s1. The summed E-state index contributed by atoms with van der Waals surface area (Å²) in [7, 11) is 0. The molecule has 3 aromatic rings. The molecule has 2 fully saturated rings. The number of ether oxygens (including phenoxy) is 3. The highest BCUT2D eigenvalue weighted by atomic mass is 16.8. The molecule has 3 unspecified atom stereocenters. The van der Waals surface area contributed by atoms with Gasteiger partial charge in [0.25, 0.3) is 5.91 Å². The molecule has 0 spiro atoms. The number of hydrazine groups is 1. The van der Waals surface area contributed by atoms with Crippen LogP contribution in [0, 0.1) is 6.92 Å². The molecule has 2 amide bonds. The fourth-order valence-electron chi connectivity index (χ4n) is 4.15. The molecule has 0 bridgehead atoms. The van der Waals surface area contributed by atoms with Gasteiger partial charge >= 0.3 is 5.91 Å². The first kappa shape index (κ1) is 22.3. The summed E-state index contributed by atoms with van der Waals surface area (Å²) in [5.74, 6) is -0.573. The highest BCUT2D eigenvalue weighted by molar-refractivity contribution is 5.93. The van der Waals surface area contributed by atoms with Crippen molar-refractivity contribution in [1.82, 2.24) is 30.3 Å². The Morgan fingerprint density at radius 2 is 1.94 bits per heavy atom. The number of likely N-dealkylation sites (N-methyl/N-ethyl adjacent to an activating group) is 1. The third-order valence-electron chi connectivity index (χ3n) is 5.53. The second kappa shape index (κ2) is 8.34. The molecule has 2 aliphatic rings. The van der Waals surface area contributed by atoms with Crippen molar-refractivity contribution < 1.29 is 28.2 Å². The topological polar surface area (TPSA) is 155 Å². The molecule has 3 aromatic heterocycles. The summed E-state index contributed by atoms with van der Waals surface area (Å²) in [4.78, 5) is 37.8. The van der Waals surface area contributed by atoms with E-state index in [0.29, 0.717) is 23.5 Å². The summed E-state index contributed by atoms with van der Waals surface area (Å²) >= 11 is 0. The number of aromatic nitrogens is 4. The zero-order chi connectivity index (χ0) is 24.0. The molecule has 5 rings (SSSR count). The smallest absolute Gasteiger partial charge is 0.305 e. The van der Waals surface area contributed by atoms with Crippen molar-refractivity contribution in [2.45, 2.75) is 58.0 Å². The van der Waals surface area contributed by atoms with Crippen molar-refractivity contribution in [2.75, 3.05) is 12.0 Å². The zero-order valence-electron chi connectivity index (χ0n) is 19.1. The molecule has 0 saturated carbocycles. The van der Waals surface area contributed by atoms with Gasteiger partial charge in [-0.2, -0.15) is 0 Å². The lowest BCUT2D eigenvalue weighted by Gasteiger charge is -2.24. The van der Waals surface area contributed by atoms with Gasteiger partial charge in [0.05, 0.1) is 6.33 Å². The predicted octanol–water partition coefficient (Wildman–Crippen LogP) is 1.04. The Labute approximate surface area is 194 Å². The van der Waals surface area contributed by atoms with Crippen molar-refractivity contribution in [3.63, 3.8) is 0 Å². The number of anilines is 1. The maximum absolute atomic E-state index is 12.6. The number of nitrogens with zero attached hydrogens (tertiary/aromatic N) is 4. The molecule has 0 radical (unpaired) electrons. The van der Waals surface area contributed by atoms with Gasteiger partial charge in [-0.3, -0.25) is 25.0 Å². The summed E-state index contributed by atoms with van der Waals surface area (Å²) in [6, 6.07) is 3.26. The third kappa shape index (κ3) is 3.87. The lowest BCUT2D eigenvalue weighted by Crippen LogP contribution is -2.42. The highest BCUT2D eigenvalue weighted by Crippen LogP contribution is 2.43. The van der Waals surface area contributed by atoms with E-state index in [2.05, 4.69) is 31.1 Å². The normalized spacial score (nSPS) is 25.3. The Morgan fingerprint density at radius 1 is 1.15 bits per heavy atom. The van der Waals surface area contributed by atoms with Crippen molar-refractivity contribution in [1.29, 1.82) is 0 Å². The first-order valence-electron chi connectivity index (χ1n) is 10.9. The van der Waals surface area contributed by atoms with Gasteiger partial charge in [-0.05, 0) is 39.8 Å². The van der Waals surface area contributed by atoms with E-state index in [-0.39, 0.29) is 17.5 Å². The van der Waals surface area contributed by atoms with Crippen molar-refractivity contribution in [2.24, 2.45) is 0 Å². The van der Waals surface area contributed by atoms with E-state index >= 15 is 0 Å². The zero-order valence-corrected chi connectivity index (χ0v) is 19.1. The summed E-state index contributed by atoms with van der Waals surface area (Å²) in [6.45, 7) is 7.62. The molecule has 2 saturated heterocycles. The fraction of sp³-hybridized carbons (Fsp3) is 0.476. The minimum absolute atomic E-state index is 0.156. The van der Waals surface area contributed by atoms with Gasteiger partial charge in [0, 0.05) is 6.54 Å². The maximum Gasteiger partial charge on any atom is 0.305 e. The molecular weight excluding hydrogens is 446 g/mol. The van der Waals surface area contributed by atoms with E-state index in [9.17, 15) is 9.59 Å². The average molecular weight is 471 g/mol. The number of aryl methyl sites for hydroxylation is 1. The van der Waals surface area contributed by atoms with Gasteiger partial charge in [-0.25, -0.2) is 15.0 Å². The van der Waals surface area contributed by atoms with Crippen LogP contribution in [0.5, 0.6) is 0 Å². The molecule has 13 nitrogen and oxygen atoms in total. The third-order valence-corrected chi connectivity index (χ3v) is 5.53. The number of furan rings is 1. The van der Waals surface area contributed by atoms with Crippen LogP contribution in [-0.2, 0) is 19.0 Å². The predicted molar refractivity (Wildman–Crippen MR) is 116 cm³/mol. The van der Waals surface area contributed by atoms with Crippen LogP contribution in [0.4, 0.5) is 5.82 Å². The highest BCUT2D eigenvalue weighted by Gasteiger charge is 2.58. The summed E-state index contributed by atoms with van der Waals surface area (Å²) in [5, 5.41) is 2.77. The van der Waals surface area contributed by atoms with Gasteiger partial charge in [-0.15, -0.1) is 0 Å². The van der Waals surface area contributed by atoms with E-state index in [1.165, 1.54) is 12.7 Å². The molecule has 13 heteroatoms. The number of hydrogen-bond acceptors (Lipinski definition) is 10. The van der Waals surface area contributed by atoms with E-state index < -0.39 is 36.2 Å². The monoisotopic (exact) mass is 471 g/mol. The molecule has 3 N–H and O–H groups in total. The number of amides is 2. The van der Waals surface area contributed by atoms with Crippen molar-refractivity contribution >= 4 is 28.8 Å². The van der Waals surface area contributed by atoms with Gasteiger partial charge in [0.1, 0.15) is 24.3 Å². The van der Waals surface area contributed by atoms with E-state index in [1.807, 2.05) is 6.92 Å². The largest absolute Gasteiger partial charge is 0.456 e. The second-order valence-corrected chi connectivity index (χ2v) is 8.44. The lowest BCUT2D eigenvalue weighted by molar-refractivity contribution is -0.197. The van der Waals surface area contributed by atoms with Gasteiger partial charge in [0.2, 0.25) is 0 Å². The van der Waals surface area contributed by atoms with Crippen LogP contribution in [0.3, 0.4) is 0 Å². The van der Waals surface area contributed by atoms with Crippen LogP contribution in [0.25, 0.3) is 11.2 Å². The quantitative estimate of drug-likeness (QED) is 0.444. The Kier molecular flexibility index (Phi) is 5.46. The molecule has 2 aliphatic heterocycles. The Balaban J connectivity index is 1.41. The molecule has 5 heterocycles. The SMILES string of the molecule is CCNC(=O)C1OC(n2cnc3c(NNC(=O)c4ccc(C)o4)ncnc32)[C@@H]2OC(C)(C)OC12. The molecular formula is C21H25N7O6. The molecule has 0 aromatic carbocycles.